The van der Waals surface area contributed by atoms with E-state index in [1.54, 1.807) is 18.3 Å². The van der Waals surface area contributed by atoms with Crippen molar-refractivity contribution in [2.75, 3.05) is 0 Å². The van der Waals surface area contributed by atoms with Gasteiger partial charge in [0.15, 0.2) is 5.76 Å². The van der Waals surface area contributed by atoms with Crippen molar-refractivity contribution < 1.29 is 4.52 Å². The smallest absolute Gasteiger partial charge is 0.169 e. The molecule has 0 unspecified atom stereocenters. The van der Waals surface area contributed by atoms with Gasteiger partial charge in [0.05, 0.1) is 6.20 Å². The van der Waals surface area contributed by atoms with Gasteiger partial charge in [-0.05, 0) is 31.9 Å². The minimum absolute atomic E-state index is 0.835. The van der Waals surface area contributed by atoms with Crippen LogP contribution in [0.4, 0.5) is 0 Å². The van der Waals surface area contributed by atoms with E-state index in [4.69, 9.17) is 4.52 Å². The van der Waals surface area contributed by atoms with Crippen LogP contribution in [0.5, 0.6) is 0 Å². The summed E-state index contributed by atoms with van der Waals surface area (Å²) in [5.41, 5.74) is 4.48. The number of hydrogen-bond acceptors (Lipinski definition) is 2. The van der Waals surface area contributed by atoms with Gasteiger partial charge in [0, 0.05) is 11.1 Å². The average Bonchev–Trinajstić information content (AvgIpc) is 3.21. The summed E-state index contributed by atoms with van der Waals surface area (Å²) in [5, 5.41) is 3.79. The lowest BCUT2D eigenvalue weighted by Gasteiger charge is -2.02. The van der Waals surface area contributed by atoms with Crippen molar-refractivity contribution in [2.45, 2.75) is 76.2 Å². The predicted molar refractivity (Wildman–Crippen MR) is 132 cm³/mol. The van der Waals surface area contributed by atoms with Gasteiger partial charge < -0.3 is 4.52 Å². The Kier molecular flexibility index (Phi) is 31.9. The third-order valence-corrected chi connectivity index (χ3v) is 2.72. The molecule has 2 aromatic rings. The number of nitrogens with zero attached hydrogens (tertiary/aromatic N) is 1. The van der Waals surface area contributed by atoms with Crippen LogP contribution in [0.25, 0.3) is 16.9 Å². The van der Waals surface area contributed by atoms with E-state index in [0.29, 0.717) is 0 Å². The van der Waals surface area contributed by atoms with Crippen LogP contribution in [0, 0.1) is 6.92 Å². The summed E-state index contributed by atoms with van der Waals surface area (Å²) in [6.07, 6.45) is 7.27. The molecule has 0 N–H and O–H groups in total. The van der Waals surface area contributed by atoms with Crippen molar-refractivity contribution in [3.05, 3.63) is 73.0 Å². The van der Waals surface area contributed by atoms with E-state index in [-0.39, 0.29) is 0 Å². The maximum absolute atomic E-state index is 5.22. The van der Waals surface area contributed by atoms with Gasteiger partial charge in [-0.1, -0.05) is 110 Å². The molecule has 28 heavy (non-hydrogen) atoms. The first-order valence-corrected chi connectivity index (χ1v) is 10.5. The van der Waals surface area contributed by atoms with E-state index in [2.05, 4.69) is 37.4 Å². The fourth-order valence-electron chi connectivity index (χ4n) is 1.73. The highest BCUT2D eigenvalue weighted by atomic mass is 16.5. The molecular weight excluding hydrogens is 342 g/mol. The fraction of sp³-hybridized carbons (Fsp3) is 0.423. The Hall–Kier alpha value is -2.35. The van der Waals surface area contributed by atoms with Gasteiger partial charge in [-0.25, -0.2) is 0 Å². The maximum Gasteiger partial charge on any atom is 0.169 e. The molecule has 0 spiro atoms. The summed E-state index contributed by atoms with van der Waals surface area (Å²) in [6.45, 7) is 29.0. The Bertz CT molecular complexity index is 589. The Morgan fingerprint density at radius 2 is 1.32 bits per heavy atom. The van der Waals surface area contributed by atoms with Crippen LogP contribution in [-0.4, -0.2) is 5.16 Å². The third-order valence-electron chi connectivity index (χ3n) is 2.72. The van der Waals surface area contributed by atoms with Crippen molar-refractivity contribution in [1.82, 2.24) is 5.16 Å². The van der Waals surface area contributed by atoms with Gasteiger partial charge >= 0.3 is 0 Å². The van der Waals surface area contributed by atoms with Crippen LogP contribution in [0.2, 0.25) is 0 Å². The molecule has 0 saturated heterocycles. The van der Waals surface area contributed by atoms with E-state index in [1.165, 1.54) is 11.1 Å². The highest BCUT2D eigenvalue weighted by Crippen LogP contribution is 2.24. The summed E-state index contributed by atoms with van der Waals surface area (Å²) in [4.78, 5) is 0. The summed E-state index contributed by atoms with van der Waals surface area (Å²) >= 11 is 0. The molecule has 0 aliphatic carbocycles. The molecule has 160 valence electrons. The molecule has 0 atom stereocenters. The molecule has 2 rings (SSSR count). The molecule has 1 aromatic carbocycles. The first-order valence-electron chi connectivity index (χ1n) is 10.5. The normalized spacial score (nSPS) is 8.32. The lowest BCUT2D eigenvalue weighted by atomic mass is 10.0. The lowest BCUT2D eigenvalue weighted by Crippen LogP contribution is -1.81. The van der Waals surface area contributed by atoms with E-state index in [0.717, 1.165) is 16.9 Å². The quantitative estimate of drug-likeness (QED) is 0.387. The first kappa shape index (κ1) is 33.3. The second kappa shape index (κ2) is 26.9. The number of benzene rings is 1. The lowest BCUT2D eigenvalue weighted by molar-refractivity contribution is 0.432. The van der Waals surface area contributed by atoms with Gasteiger partial charge in [0.2, 0.25) is 0 Å². The number of rotatable bonds is 3. The number of aryl methyl sites for hydroxylation is 1. The first-order chi connectivity index (χ1) is 13.6. The van der Waals surface area contributed by atoms with Crippen molar-refractivity contribution in [1.29, 1.82) is 0 Å². The molecule has 0 aliphatic heterocycles. The van der Waals surface area contributed by atoms with E-state index >= 15 is 0 Å². The molecule has 1 heterocycles. The Morgan fingerprint density at radius 3 is 1.64 bits per heavy atom. The largest absolute Gasteiger partial charge is 0.356 e. The van der Waals surface area contributed by atoms with Crippen LogP contribution in [0.15, 0.2) is 66.4 Å². The molecular formula is C26H45NO. The molecule has 0 fully saturated rings. The van der Waals surface area contributed by atoms with Gasteiger partial charge in [-0.15, -0.1) is 6.58 Å². The fourth-order valence-corrected chi connectivity index (χ4v) is 1.73. The summed E-state index contributed by atoms with van der Waals surface area (Å²) in [7, 11) is 0. The highest BCUT2D eigenvalue weighted by molar-refractivity contribution is 5.69. The predicted octanol–water partition coefficient (Wildman–Crippen LogP) is 9.54. The van der Waals surface area contributed by atoms with Crippen LogP contribution in [0.1, 0.15) is 80.4 Å². The van der Waals surface area contributed by atoms with Crippen LogP contribution in [-0.2, 0) is 0 Å². The molecule has 0 aliphatic rings. The van der Waals surface area contributed by atoms with Crippen molar-refractivity contribution in [2.24, 2.45) is 0 Å². The molecule has 0 radical (unpaired) electrons. The zero-order valence-electron chi connectivity index (χ0n) is 20.4. The molecule has 2 nitrogen and oxygen atoms in total. The molecule has 1 aromatic heterocycles. The minimum atomic E-state index is 0.835. The average molecular weight is 388 g/mol. The number of allylic oxidation sites excluding steroid dienone is 4. The summed E-state index contributed by atoms with van der Waals surface area (Å²) < 4.78 is 5.22. The van der Waals surface area contributed by atoms with Gasteiger partial charge in [-0.2, -0.15) is 0 Å². The van der Waals surface area contributed by atoms with Gasteiger partial charge in [-0.3, -0.25) is 0 Å². The Balaban J connectivity index is -0.000000224. The molecule has 2 heteroatoms. The maximum atomic E-state index is 5.22. The van der Waals surface area contributed by atoms with E-state index < -0.39 is 0 Å². The van der Waals surface area contributed by atoms with Crippen molar-refractivity contribution in [3.63, 3.8) is 0 Å². The van der Waals surface area contributed by atoms with Gasteiger partial charge in [0.25, 0.3) is 0 Å². The summed E-state index contributed by atoms with van der Waals surface area (Å²) in [6, 6.07) is 8.24. The van der Waals surface area contributed by atoms with E-state index in [1.807, 2.05) is 87.4 Å². The van der Waals surface area contributed by atoms with Crippen LogP contribution in [0.3, 0.4) is 0 Å². The van der Waals surface area contributed by atoms with Gasteiger partial charge in [0.1, 0.15) is 0 Å². The SMILES string of the molecule is C=C/C=C(\C)c1ccc(-c2oncc2C)cc1.C=CC.CC.CC.CC.CC. The number of hydrogen-bond donors (Lipinski definition) is 0. The summed E-state index contributed by atoms with van der Waals surface area (Å²) in [5.74, 6) is 0.835. The molecule has 0 bridgehead atoms. The molecule has 0 amide bonds. The third kappa shape index (κ3) is 14.8. The number of aromatic nitrogens is 1. The second-order valence-corrected chi connectivity index (χ2v) is 4.41. The van der Waals surface area contributed by atoms with E-state index in [9.17, 15) is 0 Å². The highest BCUT2D eigenvalue weighted by Gasteiger charge is 2.06. The topological polar surface area (TPSA) is 26.0 Å². The van der Waals surface area contributed by atoms with Crippen LogP contribution >= 0.6 is 0 Å². The van der Waals surface area contributed by atoms with Crippen LogP contribution < -0.4 is 0 Å². The zero-order chi connectivity index (χ0) is 23.0. The minimum Gasteiger partial charge on any atom is -0.356 e. The van der Waals surface area contributed by atoms with Crippen molar-refractivity contribution in [3.8, 4) is 11.3 Å². The Labute approximate surface area is 176 Å². The standard InChI is InChI=1S/C15H15NO.C3H6.4C2H6/c1-4-5-11(2)13-6-8-14(9-7-13)15-12(3)10-16-17-15;1-3-2;4*1-2/h4-10H,1H2,2-3H3;3H,1H2,2H3;4*1-2H3/b11-5+;;;;;. The monoisotopic (exact) mass is 387 g/mol. The molecule has 0 saturated carbocycles. The Morgan fingerprint density at radius 1 is 0.893 bits per heavy atom. The zero-order valence-corrected chi connectivity index (χ0v) is 20.4. The second-order valence-electron chi connectivity index (χ2n) is 4.41. The van der Waals surface area contributed by atoms with Crippen molar-refractivity contribution >= 4 is 5.57 Å².